The zero-order valence-corrected chi connectivity index (χ0v) is 13.4. The summed E-state index contributed by atoms with van der Waals surface area (Å²) >= 11 is 0. The molecule has 0 aliphatic rings. The van der Waals surface area contributed by atoms with Crippen molar-refractivity contribution in [2.24, 2.45) is 0 Å². The molecule has 0 aliphatic heterocycles. The van der Waals surface area contributed by atoms with Crippen molar-refractivity contribution in [1.82, 2.24) is 20.2 Å². The Hall–Kier alpha value is -2.99. The largest absolute Gasteiger partial charge is 0.285 e. The summed E-state index contributed by atoms with van der Waals surface area (Å²) in [7, 11) is 3.47. The van der Waals surface area contributed by atoms with Crippen LogP contribution in [0.5, 0.6) is 0 Å². The van der Waals surface area contributed by atoms with Gasteiger partial charge in [-0.15, -0.1) is 0 Å². The van der Waals surface area contributed by atoms with E-state index in [1.807, 2.05) is 30.3 Å². The van der Waals surface area contributed by atoms with Crippen LogP contribution in [0.3, 0.4) is 0 Å². The Morgan fingerprint density at radius 2 is 1.75 bits per heavy atom. The molecular formula is C18H17FN4O. The Balaban J connectivity index is 2.09. The van der Waals surface area contributed by atoms with E-state index in [0.717, 1.165) is 5.69 Å². The SMILES string of the molecule is CN(C)NC(=O)c1cn(-c2ccccc2)nc1-c1ccc(F)cc1. The van der Waals surface area contributed by atoms with Gasteiger partial charge < -0.3 is 0 Å². The van der Waals surface area contributed by atoms with Gasteiger partial charge in [0.2, 0.25) is 0 Å². The number of hydrogen-bond donors (Lipinski definition) is 1. The minimum absolute atomic E-state index is 0.276. The van der Waals surface area contributed by atoms with Crippen LogP contribution in [-0.2, 0) is 0 Å². The van der Waals surface area contributed by atoms with E-state index in [2.05, 4.69) is 10.5 Å². The highest BCUT2D eigenvalue weighted by molar-refractivity contribution is 5.99. The van der Waals surface area contributed by atoms with Crippen LogP contribution in [0.2, 0.25) is 0 Å². The van der Waals surface area contributed by atoms with Crippen LogP contribution < -0.4 is 5.43 Å². The van der Waals surface area contributed by atoms with Crippen LogP contribution in [0.25, 0.3) is 16.9 Å². The fourth-order valence-corrected chi connectivity index (χ4v) is 2.34. The molecular weight excluding hydrogens is 307 g/mol. The van der Waals surface area contributed by atoms with Crippen molar-refractivity contribution in [2.75, 3.05) is 14.1 Å². The van der Waals surface area contributed by atoms with Gasteiger partial charge >= 0.3 is 0 Å². The Morgan fingerprint density at radius 1 is 1.08 bits per heavy atom. The van der Waals surface area contributed by atoms with Gasteiger partial charge in [-0.25, -0.2) is 14.1 Å². The molecule has 3 aromatic rings. The molecule has 2 aromatic carbocycles. The van der Waals surface area contributed by atoms with Crippen molar-refractivity contribution in [3.05, 3.63) is 72.2 Å². The Morgan fingerprint density at radius 3 is 2.38 bits per heavy atom. The highest BCUT2D eigenvalue weighted by Crippen LogP contribution is 2.24. The van der Waals surface area contributed by atoms with Crippen LogP contribution in [0.4, 0.5) is 4.39 Å². The van der Waals surface area contributed by atoms with E-state index in [1.54, 1.807) is 42.1 Å². The maximum absolute atomic E-state index is 13.2. The zero-order chi connectivity index (χ0) is 17.1. The quantitative estimate of drug-likeness (QED) is 0.751. The second-order valence-electron chi connectivity index (χ2n) is 5.51. The van der Waals surface area contributed by atoms with Crippen molar-refractivity contribution < 1.29 is 9.18 Å². The number of carbonyl (C=O) groups is 1. The maximum atomic E-state index is 13.2. The second-order valence-corrected chi connectivity index (χ2v) is 5.51. The van der Waals surface area contributed by atoms with Crippen molar-refractivity contribution in [2.45, 2.75) is 0 Å². The molecule has 0 aliphatic carbocycles. The van der Waals surface area contributed by atoms with Gasteiger partial charge in [-0.05, 0) is 36.4 Å². The average Bonchev–Trinajstić information content (AvgIpc) is 3.01. The summed E-state index contributed by atoms with van der Waals surface area (Å²) in [5, 5.41) is 6.09. The fraction of sp³-hybridized carbons (Fsp3) is 0.111. The standard InChI is InChI=1S/C18H17FN4O/c1-22(2)21-18(24)16-12-23(15-6-4-3-5-7-15)20-17(16)13-8-10-14(19)11-9-13/h3-12H,1-2H3,(H,21,24). The number of hydrazine groups is 1. The predicted molar refractivity (Wildman–Crippen MR) is 90.1 cm³/mol. The summed E-state index contributed by atoms with van der Waals surface area (Å²) in [5.41, 5.74) is 5.14. The van der Waals surface area contributed by atoms with Crippen LogP contribution >= 0.6 is 0 Å². The van der Waals surface area contributed by atoms with Crippen molar-refractivity contribution in [1.29, 1.82) is 0 Å². The normalized spacial score (nSPS) is 10.8. The molecule has 122 valence electrons. The maximum Gasteiger partial charge on any atom is 0.269 e. The molecule has 0 atom stereocenters. The van der Waals surface area contributed by atoms with Gasteiger partial charge in [0.25, 0.3) is 5.91 Å². The Bertz CT molecular complexity index is 841. The van der Waals surface area contributed by atoms with Crippen LogP contribution in [0, 0.1) is 5.82 Å². The highest BCUT2D eigenvalue weighted by Gasteiger charge is 2.19. The number of hydrogen-bond acceptors (Lipinski definition) is 3. The molecule has 0 spiro atoms. The predicted octanol–water partition coefficient (Wildman–Crippen LogP) is 2.88. The Kier molecular flexibility index (Phi) is 4.39. The van der Waals surface area contributed by atoms with Gasteiger partial charge in [0.15, 0.2) is 0 Å². The molecule has 0 radical (unpaired) electrons. The smallest absolute Gasteiger partial charge is 0.269 e. The molecule has 0 unspecified atom stereocenters. The lowest BCUT2D eigenvalue weighted by molar-refractivity contribution is 0.0857. The molecule has 5 nitrogen and oxygen atoms in total. The minimum Gasteiger partial charge on any atom is -0.285 e. The first kappa shape index (κ1) is 15.9. The monoisotopic (exact) mass is 324 g/mol. The highest BCUT2D eigenvalue weighted by atomic mass is 19.1. The molecule has 1 aromatic heterocycles. The third kappa shape index (κ3) is 3.33. The van der Waals surface area contributed by atoms with Crippen LogP contribution in [0.1, 0.15) is 10.4 Å². The van der Waals surface area contributed by atoms with Gasteiger partial charge in [0, 0.05) is 25.9 Å². The number of para-hydroxylation sites is 1. The molecule has 0 saturated carbocycles. The number of nitrogens with zero attached hydrogens (tertiary/aromatic N) is 3. The number of halogens is 1. The molecule has 24 heavy (non-hydrogen) atoms. The topological polar surface area (TPSA) is 50.2 Å². The van der Waals surface area contributed by atoms with Gasteiger partial charge in [0.05, 0.1) is 11.3 Å². The van der Waals surface area contributed by atoms with Crippen LogP contribution in [0.15, 0.2) is 60.8 Å². The van der Waals surface area contributed by atoms with E-state index in [9.17, 15) is 9.18 Å². The van der Waals surface area contributed by atoms with Crippen molar-refractivity contribution in [3.63, 3.8) is 0 Å². The van der Waals surface area contributed by atoms with E-state index >= 15 is 0 Å². The summed E-state index contributed by atoms with van der Waals surface area (Å²) in [4.78, 5) is 12.5. The van der Waals surface area contributed by atoms with Gasteiger partial charge in [-0.2, -0.15) is 5.10 Å². The van der Waals surface area contributed by atoms with E-state index < -0.39 is 0 Å². The van der Waals surface area contributed by atoms with Gasteiger partial charge in [-0.3, -0.25) is 10.2 Å². The Labute approximate surface area is 139 Å². The van der Waals surface area contributed by atoms with E-state index in [1.165, 1.54) is 12.1 Å². The molecule has 1 N–H and O–H groups in total. The van der Waals surface area contributed by atoms with E-state index in [-0.39, 0.29) is 11.7 Å². The van der Waals surface area contributed by atoms with Crippen molar-refractivity contribution >= 4 is 5.91 Å². The summed E-state index contributed by atoms with van der Waals surface area (Å²) in [6.07, 6.45) is 1.67. The van der Waals surface area contributed by atoms with Crippen LogP contribution in [-0.4, -0.2) is 34.8 Å². The molecule has 0 saturated heterocycles. The number of nitrogens with one attached hydrogen (secondary N) is 1. The average molecular weight is 324 g/mol. The first-order valence-electron chi connectivity index (χ1n) is 7.44. The van der Waals surface area contributed by atoms with Crippen molar-refractivity contribution in [3.8, 4) is 16.9 Å². The fourth-order valence-electron chi connectivity index (χ4n) is 2.34. The number of aromatic nitrogens is 2. The number of rotatable bonds is 4. The second kappa shape index (κ2) is 6.64. The lowest BCUT2D eigenvalue weighted by Crippen LogP contribution is -2.36. The third-order valence-electron chi connectivity index (χ3n) is 3.42. The van der Waals surface area contributed by atoms with E-state index in [4.69, 9.17) is 0 Å². The number of amides is 1. The molecule has 0 fully saturated rings. The molecule has 6 heteroatoms. The molecule has 1 heterocycles. The molecule has 1 amide bonds. The first-order chi connectivity index (χ1) is 11.5. The molecule has 3 rings (SSSR count). The lowest BCUT2D eigenvalue weighted by Gasteiger charge is -2.11. The summed E-state index contributed by atoms with van der Waals surface area (Å²) in [6, 6.07) is 15.4. The molecule has 0 bridgehead atoms. The summed E-state index contributed by atoms with van der Waals surface area (Å²) < 4.78 is 14.8. The third-order valence-corrected chi connectivity index (χ3v) is 3.42. The zero-order valence-electron chi connectivity index (χ0n) is 13.4. The van der Waals surface area contributed by atoms with Gasteiger partial charge in [0.1, 0.15) is 11.5 Å². The minimum atomic E-state index is -0.333. The number of benzene rings is 2. The number of carbonyl (C=O) groups excluding carboxylic acids is 1. The first-order valence-corrected chi connectivity index (χ1v) is 7.44. The summed E-state index contributed by atoms with van der Waals surface area (Å²) in [6.45, 7) is 0. The summed E-state index contributed by atoms with van der Waals surface area (Å²) in [5.74, 6) is -0.609. The lowest BCUT2D eigenvalue weighted by atomic mass is 10.1. The van der Waals surface area contributed by atoms with E-state index in [0.29, 0.717) is 16.8 Å². The van der Waals surface area contributed by atoms with Gasteiger partial charge in [-0.1, -0.05) is 18.2 Å².